The van der Waals surface area contributed by atoms with Gasteiger partial charge in [-0.3, -0.25) is 14.4 Å². The number of nitrogens with zero attached hydrogens (tertiary/aromatic N) is 2. The summed E-state index contributed by atoms with van der Waals surface area (Å²) in [5, 5.41) is 5.96. The van der Waals surface area contributed by atoms with E-state index < -0.39 is 12.1 Å². The van der Waals surface area contributed by atoms with Gasteiger partial charge in [0.05, 0.1) is 11.6 Å². The topological polar surface area (TPSA) is 114 Å². The highest BCUT2D eigenvalue weighted by molar-refractivity contribution is 6.21. The minimum Gasteiger partial charge on any atom is -0.434 e. The van der Waals surface area contributed by atoms with Gasteiger partial charge in [-0.25, -0.2) is 4.98 Å². The van der Waals surface area contributed by atoms with E-state index in [0.717, 1.165) is 0 Å². The first-order chi connectivity index (χ1) is 15.9. The lowest BCUT2D eigenvalue weighted by atomic mass is 10.0. The van der Waals surface area contributed by atoms with E-state index in [1.807, 2.05) is 32.9 Å². The number of fused-ring (bicyclic) bond motifs is 2. The van der Waals surface area contributed by atoms with Crippen molar-refractivity contribution in [2.24, 2.45) is 10.9 Å². The molecule has 1 aliphatic heterocycles. The minimum atomic E-state index is -0.790. The second-order valence-electron chi connectivity index (χ2n) is 8.46. The molecule has 2 aromatic carbocycles. The van der Waals surface area contributed by atoms with Crippen molar-refractivity contribution in [2.75, 3.05) is 0 Å². The number of benzene rings is 2. The van der Waals surface area contributed by atoms with Crippen LogP contribution in [-0.2, 0) is 4.79 Å². The van der Waals surface area contributed by atoms with Crippen molar-refractivity contribution in [1.82, 2.24) is 15.6 Å². The summed E-state index contributed by atoms with van der Waals surface area (Å²) in [5.74, 6) is -0.543. The van der Waals surface area contributed by atoms with Crippen LogP contribution in [0.2, 0.25) is 0 Å². The van der Waals surface area contributed by atoms with E-state index in [1.165, 1.54) is 0 Å². The molecule has 0 bridgehead atoms. The zero-order chi connectivity index (χ0) is 23.5. The van der Waals surface area contributed by atoms with Crippen molar-refractivity contribution in [2.45, 2.75) is 45.7 Å². The largest absolute Gasteiger partial charge is 0.434 e. The summed E-state index contributed by atoms with van der Waals surface area (Å²) in [4.78, 5) is 46.8. The van der Waals surface area contributed by atoms with Crippen LogP contribution in [0.5, 0.6) is 0 Å². The fourth-order valence-electron chi connectivity index (χ4n) is 3.83. The number of para-hydroxylation sites is 2. The van der Waals surface area contributed by atoms with Crippen molar-refractivity contribution in [3.05, 3.63) is 65.5 Å². The van der Waals surface area contributed by atoms with Crippen LogP contribution in [0.25, 0.3) is 11.1 Å². The maximum Gasteiger partial charge on any atom is 0.279 e. The second-order valence-corrected chi connectivity index (χ2v) is 8.46. The van der Waals surface area contributed by atoms with Crippen LogP contribution in [0.3, 0.4) is 0 Å². The Balaban J connectivity index is 1.52. The van der Waals surface area contributed by atoms with Gasteiger partial charge in [0.25, 0.3) is 11.8 Å². The third kappa shape index (κ3) is 4.69. The SMILES string of the molecule is CC[C@H](NC(=O)[C@H](CC(C)C)NC1=NC(=O)c2ccccc21)C(=O)c1nc2ccccc2o1. The average molecular weight is 447 g/mol. The summed E-state index contributed by atoms with van der Waals surface area (Å²) in [7, 11) is 0. The summed E-state index contributed by atoms with van der Waals surface area (Å²) in [6.45, 7) is 5.81. The molecule has 0 aliphatic carbocycles. The maximum atomic E-state index is 13.2. The van der Waals surface area contributed by atoms with Crippen LogP contribution in [-0.4, -0.2) is 40.5 Å². The number of ketones is 1. The molecule has 1 aliphatic rings. The third-order valence-corrected chi connectivity index (χ3v) is 5.51. The molecule has 0 saturated carbocycles. The molecule has 2 amide bonds. The van der Waals surface area contributed by atoms with E-state index in [0.29, 0.717) is 40.9 Å². The molecule has 170 valence electrons. The number of nitrogens with one attached hydrogen (secondary N) is 2. The number of amidine groups is 1. The van der Waals surface area contributed by atoms with Crippen molar-refractivity contribution in [1.29, 1.82) is 0 Å². The van der Waals surface area contributed by atoms with Gasteiger partial charge >= 0.3 is 0 Å². The number of carbonyl (C=O) groups excluding carboxylic acids is 3. The molecule has 2 atom stereocenters. The number of amides is 2. The molecule has 0 radical (unpaired) electrons. The van der Waals surface area contributed by atoms with E-state index in [1.54, 1.807) is 36.4 Å². The molecular formula is C25H26N4O4. The monoisotopic (exact) mass is 446 g/mol. The van der Waals surface area contributed by atoms with Crippen LogP contribution in [0.4, 0.5) is 0 Å². The quantitative estimate of drug-likeness (QED) is 0.512. The Labute approximate surface area is 191 Å². The Kier molecular flexibility index (Phi) is 6.35. The van der Waals surface area contributed by atoms with Crippen molar-refractivity contribution in [3.8, 4) is 0 Å². The van der Waals surface area contributed by atoms with Gasteiger partial charge in [-0.1, -0.05) is 51.1 Å². The molecule has 33 heavy (non-hydrogen) atoms. The summed E-state index contributed by atoms with van der Waals surface area (Å²) in [5.41, 5.74) is 2.27. The highest BCUT2D eigenvalue weighted by Gasteiger charge is 2.31. The Morgan fingerprint density at radius 2 is 1.70 bits per heavy atom. The van der Waals surface area contributed by atoms with Crippen molar-refractivity contribution < 1.29 is 18.8 Å². The Hall–Kier alpha value is -3.81. The Morgan fingerprint density at radius 3 is 2.39 bits per heavy atom. The first-order valence-corrected chi connectivity index (χ1v) is 11.1. The molecule has 3 aromatic rings. The third-order valence-electron chi connectivity index (χ3n) is 5.51. The lowest BCUT2D eigenvalue weighted by Gasteiger charge is -2.23. The Bertz CT molecular complexity index is 1210. The normalized spacial score (nSPS) is 14.7. The van der Waals surface area contributed by atoms with E-state index in [4.69, 9.17) is 4.42 Å². The van der Waals surface area contributed by atoms with Gasteiger partial charge < -0.3 is 15.1 Å². The van der Waals surface area contributed by atoms with E-state index >= 15 is 0 Å². The standard InChI is InChI=1S/C25H26N4O4/c1-4-17(21(30)25-28-18-11-7-8-12-20(18)33-25)27-24(32)19(13-14(2)3)26-22-15-9-5-6-10-16(15)23(31)29-22/h5-12,14,17,19H,4,13H2,1-3H3,(H,27,32)(H,26,29,31)/t17-,19-/m0/s1. The number of hydrogen-bond donors (Lipinski definition) is 2. The van der Waals surface area contributed by atoms with E-state index in [9.17, 15) is 14.4 Å². The summed E-state index contributed by atoms with van der Waals surface area (Å²) >= 11 is 0. The van der Waals surface area contributed by atoms with Gasteiger partial charge in [-0.2, -0.15) is 4.99 Å². The molecule has 8 nitrogen and oxygen atoms in total. The van der Waals surface area contributed by atoms with Gasteiger partial charge in [-0.15, -0.1) is 0 Å². The fourth-order valence-corrected chi connectivity index (χ4v) is 3.83. The van der Waals surface area contributed by atoms with Gasteiger partial charge in [0.2, 0.25) is 11.7 Å². The maximum absolute atomic E-state index is 13.2. The predicted molar refractivity (Wildman–Crippen MR) is 124 cm³/mol. The molecule has 8 heteroatoms. The Morgan fingerprint density at radius 1 is 1.00 bits per heavy atom. The number of carbonyl (C=O) groups is 3. The number of hydrogen-bond acceptors (Lipinski definition) is 6. The predicted octanol–water partition coefficient (Wildman–Crippen LogP) is 3.51. The molecule has 0 unspecified atom stereocenters. The van der Waals surface area contributed by atoms with Crippen LogP contribution in [0, 0.1) is 5.92 Å². The number of aliphatic imine (C=N–C) groups is 1. The van der Waals surface area contributed by atoms with Gasteiger partial charge in [-0.05, 0) is 37.0 Å². The molecule has 1 aromatic heterocycles. The summed E-state index contributed by atoms with van der Waals surface area (Å²) in [6.07, 6.45) is 0.870. The minimum absolute atomic E-state index is 0.0311. The van der Waals surface area contributed by atoms with E-state index in [2.05, 4.69) is 20.6 Å². The lowest BCUT2D eigenvalue weighted by molar-refractivity contribution is -0.123. The van der Waals surface area contributed by atoms with Crippen LogP contribution in [0.1, 0.15) is 60.2 Å². The highest BCUT2D eigenvalue weighted by atomic mass is 16.4. The van der Waals surface area contributed by atoms with Crippen LogP contribution >= 0.6 is 0 Å². The summed E-state index contributed by atoms with van der Waals surface area (Å²) < 4.78 is 5.59. The average Bonchev–Trinajstić information content (AvgIpc) is 3.37. The van der Waals surface area contributed by atoms with Gasteiger partial charge in [0, 0.05) is 5.56 Å². The molecular weight excluding hydrogens is 420 g/mol. The molecule has 2 heterocycles. The number of Topliss-reactive ketones (excluding diaryl/α,β-unsaturated/α-hetero) is 1. The number of rotatable bonds is 8. The van der Waals surface area contributed by atoms with Crippen LogP contribution < -0.4 is 10.6 Å². The van der Waals surface area contributed by atoms with E-state index in [-0.39, 0.29) is 29.4 Å². The molecule has 4 rings (SSSR count). The smallest absolute Gasteiger partial charge is 0.279 e. The first-order valence-electron chi connectivity index (χ1n) is 11.1. The lowest BCUT2D eigenvalue weighted by Crippen LogP contribution is -2.52. The summed E-state index contributed by atoms with van der Waals surface area (Å²) in [6, 6.07) is 12.8. The number of aromatic nitrogens is 1. The van der Waals surface area contributed by atoms with Gasteiger partial charge in [0.15, 0.2) is 5.58 Å². The number of oxazole rings is 1. The zero-order valence-electron chi connectivity index (χ0n) is 18.8. The second kappa shape index (κ2) is 9.36. The van der Waals surface area contributed by atoms with Crippen molar-refractivity contribution in [3.63, 3.8) is 0 Å². The molecule has 0 fully saturated rings. The fraction of sp³-hybridized carbons (Fsp3) is 0.320. The molecule has 0 spiro atoms. The highest BCUT2D eigenvalue weighted by Crippen LogP contribution is 2.19. The van der Waals surface area contributed by atoms with Crippen LogP contribution in [0.15, 0.2) is 57.9 Å². The van der Waals surface area contributed by atoms with Crippen molar-refractivity contribution >= 4 is 34.5 Å². The first kappa shape index (κ1) is 22.4. The van der Waals surface area contributed by atoms with Gasteiger partial charge in [0.1, 0.15) is 17.4 Å². The zero-order valence-corrected chi connectivity index (χ0v) is 18.8. The molecule has 0 saturated heterocycles. The molecule has 2 N–H and O–H groups in total.